The van der Waals surface area contributed by atoms with Gasteiger partial charge < -0.3 is 19.2 Å². The Hall–Kier alpha value is -4.39. The lowest BCUT2D eigenvalue weighted by Crippen LogP contribution is -2.18. The minimum atomic E-state index is -0.627. The Balaban J connectivity index is 1.37. The van der Waals surface area contributed by atoms with Gasteiger partial charge in [-0.1, -0.05) is 24.3 Å². The highest BCUT2D eigenvalue weighted by Crippen LogP contribution is 2.23. The number of anilines is 1. The molecule has 0 saturated carbocycles. The van der Waals surface area contributed by atoms with Crippen molar-refractivity contribution in [2.45, 2.75) is 6.92 Å². The number of fused-ring (bicyclic) bond motifs is 1. The van der Waals surface area contributed by atoms with Crippen molar-refractivity contribution in [2.24, 2.45) is 0 Å². The molecule has 0 fully saturated rings. The van der Waals surface area contributed by atoms with Crippen LogP contribution < -0.4 is 20.4 Å². The van der Waals surface area contributed by atoms with Gasteiger partial charge in [0.2, 0.25) is 0 Å². The molecule has 1 N–H and O–H groups in total. The van der Waals surface area contributed by atoms with Crippen molar-refractivity contribution in [3.05, 3.63) is 100 Å². The normalized spacial score (nSPS) is 10.5. The molecule has 1 amide bonds. The fourth-order valence-corrected chi connectivity index (χ4v) is 3.13. The number of aryl methyl sites for hydroxylation is 1. The van der Waals surface area contributed by atoms with Gasteiger partial charge in [-0.15, -0.1) is 0 Å². The third-order valence-corrected chi connectivity index (χ3v) is 4.64. The van der Waals surface area contributed by atoms with Crippen LogP contribution in [0.15, 0.2) is 88.1 Å². The Labute approximate surface area is 183 Å². The molecule has 4 aromatic rings. The predicted octanol–water partition coefficient (Wildman–Crippen LogP) is 4.34. The molecule has 0 radical (unpaired) electrons. The van der Waals surface area contributed by atoms with E-state index in [-0.39, 0.29) is 18.3 Å². The second-order valence-corrected chi connectivity index (χ2v) is 7.02. The zero-order valence-corrected chi connectivity index (χ0v) is 17.2. The molecule has 0 atom stereocenters. The third-order valence-electron chi connectivity index (χ3n) is 4.64. The molecule has 7 nitrogen and oxygen atoms in total. The minimum absolute atomic E-state index is 0.240. The number of ether oxygens (including phenoxy) is 2. The molecule has 0 aliphatic carbocycles. The van der Waals surface area contributed by atoms with Gasteiger partial charge in [-0.3, -0.25) is 4.79 Å². The highest BCUT2D eigenvalue weighted by atomic mass is 16.6. The Morgan fingerprint density at radius 2 is 1.72 bits per heavy atom. The lowest BCUT2D eigenvalue weighted by atomic mass is 10.1. The molecule has 0 spiro atoms. The van der Waals surface area contributed by atoms with E-state index >= 15 is 0 Å². The molecule has 0 bridgehead atoms. The maximum absolute atomic E-state index is 12.3. The van der Waals surface area contributed by atoms with Crippen LogP contribution in [-0.4, -0.2) is 18.5 Å². The van der Waals surface area contributed by atoms with Gasteiger partial charge in [-0.2, -0.15) is 0 Å². The van der Waals surface area contributed by atoms with Crippen LogP contribution in [0, 0.1) is 6.92 Å². The van der Waals surface area contributed by atoms with E-state index < -0.39 is 11.6 Å². The van der Waals surface area contributed by atoms with Crippen molar-refractivity contribution in [3.63, 3.8) is 0 Å². The monoisotopic (exact) mass is 429 g/mol. The molecule has 0 aliphatic rings. The summed E-state index contributed by atoms with van der Waals surface area (Å²) in [6.45, 7) is 1.46. The number of carbonyl (C=O) groups is 2. The maximum Gasteiger partial charge on any atom is 0.349 e. The van der Waals surface area contributed by atoms with Crippen molar-refractivity contribution >= 4 is 28.5 Å². The highest BCUT2D eigenvalue weighted by molar-refractivity contribution is 6.04. The van der Waals surface area contributed by atoms with Crippen LogP contribution >= 0.6 is 0 Å². The lowest BCUT2D eigenvalue weighted by molar-refractivity contribution is -0.136. The molecule has 4 rings (SSSR count). The number of esters is 1. The number of rotatable bonds is 6. The summed E-state index contributed by atoms with van der Waals surface area (Å²) in [4.78, 5) is 36.0. The SMILES string of the molecule is Cc1cc(=O)oc2cc(OC(=O)COc3cccc(NC(=O)c4ccccc4)c3)ccc12. The van der Waals surface area contributed by atoms with E-state index in [1.807, 2.05) is 6.07 Å². The van der Waals surface area contributed by atoms with Gasteiger partial charge in [-0.25, -0.2) is 9.59 Å². The second kappa shape index (κ2) is 9.18. The molecule has 7 heteroatoms. The number of nitrogens with one attached hydrogen (secondary N) is 1. The van der Waals surface area contributed by atoms with Crippen LogP contribution in [0.3, 0.4) is 0 Å². The van der Waals surface area contributed by atoms with Crippen LogP contribution in [0.1, 0.15) is 15.9 Å². The van der Waals surface area contributed by atoms with E-state index in [4.69, 9.17) is 13.9 Å². The van der Waals surface area contributed by atoms with Crippen LogP contribution in [-0.2, 0) is 4.79 Å². The molecule has 1 aromatic heterocycles. The van der Waals surface area contributed by atoms with E-state index in [2.05, 4.69) is 5.32 Å². The minimum Gasteiger partial charge on any atom is -0.482 e. The van der Waals surface area contributed by atoms with Gasteiger partial charge in [0.25, 0.3) is 5.91 Å². The van der Waals surface area contributed by atoms with Gasteiger partial charge in [-0.05, 0) is 48.9 Å². The summed E-state index contributed by atoms with van der Waals surface area (Å²) in [7, 11) is 0. The van der Waals surface area contributed by atoms with E-state index in [9.17, 15) is 14.4 Å². The molecule has 3 aromatic carbocycles. The van der Waals surface area contributed by atoms with Crippen molar-refractivity contribution < 1.29 is 23.5 Å². The largest absolute Gasteiger partial charge is 0.482 e. The average molecular weight is 429 g/mol. The fourth-order valence-electron chi connectivity index (χ4n) is 3.13. The van der Waals surface area contributed by atoms with Gasteiger partial charge in [0.1, 0.15) is 17.1 Å². The van der Waals surface area contributed by atoms with Gasteiger partial charge in [0.05, 0.1) is 0 Å². The quantitative estimate of drug-likeness (QED) is 0.278. The van der Waals surface area contributed by atoms with Crippen LogP contribution in [0.25, 0.3) is 11.0 Å². The molecule has 160 valence electrons. The standard InChI is InChI=1S/C25H19NO6/c1-16-12-23(27)32-22-14-20(10-11-21(16)22)31-24(28)15-30-19-9-5-8-18(13-19)26-25(29)17-6-3-2-4-7-17/h2-14H,15H2,1H3,(H,26,29). The van der Waals surface area contributed by atoms with E-state index in [0.717, 1.165) is 10.9 Å². The smallest absolute Gasteiger partial charge is 0.349 e. The van der Waals surface area contributed by atoms with E-state index in [0.29, 0.717) is 22.6 Å². The number of hydrogen-bond donors (Lipinski definition) is 1. The lowest BCUT2D eigenvalue weighted by Gasteiger charge is -2.10. The first-order valence-corrected chi connectivity index (χ1v) is 9.82. The third kappa shape index (κ3) is 5.02. The van der Waals surface area contributed by atoms with Gasteiger partial charge >= 0.3 is 11.6 Å². The molecule has 0 aliphatic heterocycles. The summed E-state index contributed by atoms with van der Waals surface area (Å²) >= 11 is 0. The number of carbonyl (C=O) groups excluding carboxylic acids is 2. The number of hydrogen-bond acceptors (Lipinski definition) is 6. The Morgan fingerprint density at radius 3 is 2.53 bits per heavy atom. The summed E-state index contributed by atoms with van der Waals surface area (Å²) in [5.41, 5.74) is 1.70. The van der Waals surface area contributed by atoms with Crippen LogP contribution in [0.5, 0.6) is 11.5 Å². The molecule has 32 heavy (non-hydrogen) atoms. The Bertz CT molecular complexity index is 1340. The van der Waals surface area contributed by atoms with Crippen LogP contribution in [0.2, 0.25) is 0 Å². The van der Waals surface area contributed by atoms with Crippen LogP contribution in [0.4, 0.5) is 5.69 Å². The molecule has 0 saturated heterocycles. The van der Waals surface area contributed by atoms with Crippen molar-refractivity contribution in [1.82, 2.24) is 0 Å². The first-order valence-electron chi connectivity index (χ1n) is 9.82. The fraction of sp³-hybridized carbons (Fsp3) is 0.0800. The number of benzene rings is 3. The zero-order chi connectivity index (χ0) is 22.5. The first kappa shape index (κ1) is 20.9. The van der Waals surface area contributed by atoms with E-state index in [1.165, 1.54) is 12.1 Å². The molecular formula is C25H19NO6. The number of amides is 1. The summed E-state index contributed by atoms with van der Waals surface area (Å²) in [5.74, 6) is -0.241. The van der Waals surface area contributed by atoms with Gasteiger partial charge in [0.15, 0.2) is 6.61 Å². The first-order chi connectivity index (χ1) is 15.5. The second-order valence-electron chi connectivity index (χ2n) is 7.02. The molecule has 1 heterocycles. The van der Waals surface area contributed by atoms with Crippen molar-refractivity contribution in [2.75, 3.05) is 11.9 Å². The van der Waals surface area contributed by atoms with Crippen molar-refractivity contribution in [1.29, 1.82) is 0 Å². The van der Waals surface area contributed by atoms with Crippen molar-refractivity contribution in [3.8, 4) is 11.5 Å². The van der Waals surface area contributed by atoms with E-state index in [1.54, 1.807) is 67.6 Å². The summed E-state index contributed by atoms with van der Waals surface area (Å²) in [5, 5.41) is 3.54. The molecule has 0 unspecified atom stereocenters. The zero-order valence-electron chi connectivity index (χ0n) is 17.2. The Kier molecular flexibility index (Phi) is 5.98. The predicted molar refractivity (Wildman–Crippen MR) is 119 cm³/mol. The summed E-state index contributed by atoms with van der Waals surface area (Å²) in [6.07, 6.45) is 0. The van der Waals surface area contributed by atoms with Gasteiger partial charge in [0, 0.05) is 34.8 Å². The maximum atomic E-state index is 12.3. The average Bonchev–Trinajstić information content (AvgIpc) is 2.78. The topological polar surface area (TPSA) is 94.8 Å². The summed E-state index contributed by atoms with van der Waals surface area (Å²) < 4.78 is 15.9. The highest BCUT2D eigenvalue weighted by Gasteiger charge is 2.10. The molecular weight excluding hydrogens is 410 g/mol. The summed E-state index contributed by atoms with van der Waals surface area (Å²) in [6, 6.07) is 21.7. The Morgan fingerprint density at radius 1 is 0.906 bits per heavy atom.